The fourth-order valence-corrected chi connectivity index (χ4v) is 1.68. The molecule has 0 bridgehead atoms. The van der Waals surface area contributed by atoms with E-state index in [0.717, 1.165) is 0 Å². The Kier molecular flexibility index (Phi) is 4.85. The number of hydrogen-bond donors (Lipinski definition) is 2. The number of carbonyl (C=O) groups excluding carboxylic acids is 1. The number of carbonyl (C=O) groups is 2. The molecule has 1 unspecified atom stereocenters. The van der Waals surface area contributed by atoms with E-state index in [1.54, 1.807) is 17.7 Å². The first-order valence-electron chi connectivity index (χ1n) is 5.73. The third kappa shape index (κ3) is 3.07. The van der Waals surface area contributed by atoms with Crippen molar-refractivity contribution in [3.63, 3.8) is 0 Å². The molecule has 7 nitrogen and oxygen atoms in total. The standard InChI is InChI=1S/C11H18N4O3/c1-3-9(11(17)18)14(2)10(16)8-6-15(5-4-12)7-13-8/h6-7,9H,3-5,12H2,1-2H3,(H,17,18). The zero-order valence-electron chi connectivity index (χ0n) is 10.5. The number of aromatic nitrogens is 2. The van der Waals surface area contributed by atoms with Gasteiger partial charge in [0.15, 0.2) is 0 Å². The van der Waals surface area contributed by atoms with Gasteiger partial charge in [-0.1, -0.05) is 6.92 Å². The van der Waals surface area contributed by atoms with Crippen molar-refractivity contribution in [1.82, 2.24) is 14.5 Å². The van der Waals surface area contributed by atoms with Gasteiger partial charge in [-0.25, -0.2) is 9.78 Å². The van der Waals surface area contributed by atoms with Crippen LogP contribution < -0.4 is 5.73 Å². The Balaban J connectivity index is 2.81. The molecule has 18 heavy (non-hydrogen) atoms. The molecule has 0 aliphatic heterocycles. The highest BCUT2D eigenvalue weighted by Gasteiger charge is 2.26. The van der Waals surface area contributed by atoms with Crippen LogP contribution >= 0.6 is 0 Å². The summed E-state index contributed by atoms with van der Waals surface area (Å²) in [5, 5.41) is 8.99. The molecule has 1 amide bonds. The van der Waals surface area contributed by atoms with E-state index in [9.17, 15) is 9.59 Å². The second-order valence-corrected chi connectivity index (χ2v) is 3.96. The number of imidazole rings is 1. The van der Waals surface area contributed by atoms with Crippen LogP contribution in [-0.4, -0.2) is 51.1 Å². The SMILES string of the molecule is CCC(C(=O)O)N(C)C(=O)c1cn(CCN)cn1. The minimum Gasteiger partial charge on any atom is -0.480 e. The number of rotatable bonds is 6. The molecular weight excluding hydrogens is 236 g/mol. The van der Waals surface area contributed by atoms with Crippen molar-refractivity contribution in [2.24, 2.45) is 5.73 Å². The maximum atomic E-state index is 12.0. The second-order valence-electron chi connectivity index (χ2n) is 3.96. The average molecular weight is 254 g/mol. The molecule has 0 aliphatic rings. The summed E-state index contributed by atoms with van der Waals surface area (Å²) in [4.78, 5) is 28.1. The van der Waals surface area contributed by atoms with E-state index in [0.29, 0.717) is 19.5 Å². The van der Waals surface area contributed by atoms with Gasteiger partial charge >= 0.3 is 5.97 Å². The van der Waals surface area contributed by atoms with E-state index < -0.39 is 17.9 Å². The highest BCUT2D eigenvalue weighted by atomic mass is 16.4. The smallest absolute Gasteiger partial charge is 0.326 e. The Morgan fingerprint density at radius 2 is 2.28 bits per heavy atom. The van der Waals surface area contributed by atoms with Gasteiger partial charge in [0.1, 0.15) is 11.7 Å². The molecule has 1 atom stereocenters. The quantitative estimate of drug-likeness (QED) is 0.730. The van der Waals surface area contributed by atoms with Gasteiger partial charge in [0.2, 0.25) is 0 Å². The summed E-state index contributed by atoms with van der Waals surface area (Å²) in [7, 11) is 1.46. The minimum atomic E-state index is -1.02. The molecule has 0 fully saturated rings. The lowest BCUT2D eigenvalue weighted by Gasteiger charge is -2.22. The number of aliphatic carboxylic acids is 1. The summed E-state index contributed by atoms with van der Waals surface area (Å²) in [5.74, 6) is -1.42. The van der Waals surface area contributed by atoms with E-state index in [-0.39, 0.29) is 5.69 Å². The lowest BCUT2D eigenvalue weighted by Crippen LogP contribution is -2.42. The average Bonchev–Trinajstić information content (AvgIpc) is 2.77. The van der Waals surface area contributed by atoms with Gasteiger partial charge in [-0.05, 0) is 6.42 Å². The minimum absolute atomic E-state index is 0.227. The molecule has 100 valence electrons. The van der Waals surface area contributed by atoms with Crippen LogP contribution in [0.4, 0.5) is 0 Å². The van der Waals surface area contributed by atoms with Crippen molar-refractivity contribution < 1.29 is 14.7 Å². The summed E-state index contributed by atoms with van der Waals surface area (Å²) in [6, 6.07) is -0.836. The van der Waals surface area contributed by atoms with Crippen LogP contribution in [0.1, 0.15) is 23.8 Å². The van der Waals surface area contributed by atoms with Gasteiger partial charge in [0.25, 0.3) is 5.91 Å². The van der Waals surface area contributed by atoms with E-state index >= 15 is 0 Å². The monoisotopic (exact) mass is 254 g/mol. The number of nitrogens with zero attached hydrogens (tertiary/aromatic N) is 3. The predicted octanol–water partition coefficient (Wildman–Crippen LogP) is -0.223. The van der Waals surface area contributed by atoms with Crippen LogP contribution in [0.25, 0.3) is 0 Å². The fourth-order valence-electron chi connectivity index (χ4n) is 1.68. The molecule has 0 spiro atoms. The molecule has 0 aromatic carbocycles. The Hall–Kier alpha value is -1.89. The summed E-state index contributed by atoms with van der Waals surface area (Å²) in [6.45, 7) is 2.74. The first-order chi connectivity index (χ1) is 8.51. The summed E-state index contributed by atoms with van der Waals surface area (Å²) in [5.41, 5.74) is 5.62. The van der Waals surface area contributed by atoms with E-state index in [1.807, 2.05) is 0 Å². The maximum absolute atomic E-state index is 12.0. The van der Waals surface area contributed by atoms with Crippen molar-refractivity contribution in [3.05, 3.63) is 18.2 Å². The molecule has 1 aromatic heterocycles. The largest absolute Gasteiger partial charge is 0.480 e. The van der Waals surface area contributed by atoms with Gasteiger partial charge in [0, 0.05) is 26.3 Å². The number of carboxylic acid groups (broad SMARTS) is 1. The summed E-state index contributed by atoms with van der Waals surface area (Å²) in [6.07, 6.45) is 3.43. The molecule has 1 rings (SSSR count). The van der Waals surface area contributed by atoms with Gasteiger partial charge < -0.3 is 20.3 Å². The highest BCUT2D eigenvalue weighted by Crippen LogP contribution is 2.08. The van der Waals surface area contributed by atoms with Crippen LogP contribution in [0.2, 0.25) is 0 Å². The summed E-state index contributed by atoms with van der Waals surface area (Å²) < 4.78 is 1.70. The van der Waals surface area contributed by atoms with Gasteiger partial charge in [0.05, 0.1) is 6.33 Å². The first kappa shape index (κ1) is 14.2. The van der Waals surface area contributed by atoms with E-state index in [4.69, 9.17) is 10.8 Å². The maximum Gasteiger partial charge on any atom is 0.326 e. The molecule has 0 aliphatic carbocycles. The number of nitrogens with two attached hydrogens (primary N) is 1. The first-order valence-corrected chi connectivity index (χ1v) is 5.73. The fraction of sp³-hybridized carbons (Fsp3) is 0.545. The Morgan fingerprint density at radius 3 is 2.78 bits per heavy atom. The van der Waals surface area contributed by atoms with Crippen molar-refractivity contribution in [2.75, 3.05) is 13.6 Å². The van der Waals surface area contributed by atoms with Gasteiger partial charge in [-0.2, -0.15) is 0 Å². The number of likely N-dealkylation sites (N-methyl/N-ethyl adjacent to an activating group) is 1. The molecule has 3 N–H and O–H groups in total. The topological polar surface area (TPSA) is 101 Å². The van der Waals surface area contributed by atoms with Crippen LogP contribution in [-0.2, 0) is 11.3 Å². The predicted molar refractivity (Wildman–Crippen MR) is 65.1 cm³/mol. The molecule has 0 saturated heterocycles. The van der Waals surface area contributed by atoms with E-state index in [1.165, 1.54) is 18.3 Å². The zero-order valence-corrected chi connectivity index (χ0v) is 10.5. The van der Waals surface area contributed by atoms with Gasteiger partial charge in [-0.3, -0.25) is 4.79 Å². The van der Waals surface area contributed by atoms with Crippen LogP contribution in [0.5, 0.6) is 0 Å². The normalized spacial score (nSPS) is 12.2. The zero-order chi connectivity index (χ0) is 13.7. The van der Waals surface area contributed by atoms with Crippen LogP contribution in [0.15, 0.2) is 12.5 Å². The lowest BCUT2D eigenvalue weighted by atomic mass is 10.2. The number of carboxylic acids is 1. The second kappa shape index (κ2) is 6.15. The summed E-state index contributed by atoms with van der Waals surface area (Å²) >= 11 is 0. The van der Waals surface area contributed by atoms with E-state index in [2.05, 4.69) is 4.98 Å². The third-order valence-corrected chi connectivity index (χ3v) is 2.70. The van der Waals surface area contributed by atoms with Crippen molar-refractivity contribution in [1.29, 1.82) is 0 Å². The molecule has 0 radical (unpaired) electrons. The molecular formula is C11H18N4O3. The molecule has 1 aromatic rings. The van der Waals surface area contributed by atoms with Gasteiger partial charge in [-0.15, -0.1) is 0 Å². The number of hydrogen-bond acceptors (Lipinski definition) is 4. The third-order valence-electron chi connectivity index (χ3n) is 2.70. The highest BCUT2D eigenvalue weighted by molar-refractivity contribution is 5.94. The molecule has 7 heteroatoms. The van der Waals surface area contributed by atoms with Crippen LogP contribution in [0, 0.1) is 0 Å². The molecule has 1 heterocycles. The van der Waals surface area contributed by atoms with Crippen molar-refractivity contribution >= 4 is 11.9 Å². The number of amides is 1. The molecule has 0 saturated carbocycles. The Morgan fingerprint density at radius 1 is 1.61 bits per heavy atom. The Bertz CT molecular complexity index is 430. The van der Waals surface area contributed by atoms with Crippen molar-refractivity contribution in [2.45, 2.75) is 25.9 Å². The Labute approximate surface area is 105 Å². The van der Waals surface area contributed by atoms with Crippen LogP contribution in [0.3, 0.4) is 0 Å². The van der Waals surface area contributed by atoms with Crippen molar-refractivity contribution in [3.8, 4) is 0 Å². The lowest BCUT2D eigenvalue weighted by molar-refractivity contribution is -0.142.